The third-order valence-electron chi connectivity index (χ3n) is 7.16. The van der Waals surface area contributed by atoms with E-state index >= 15 is 4.39 Å². The Hall–Kier alpha value is -3.21. The fourth-order valence-corrected chi connectivity index (χ4v) is 4.87. The lowest BCUT2D eigenvalue weighted by molar-refractivity contribution is 0.0697. The summed E-state index contributed by atoms with van der Waals surface area (Å²) >= 11 is 0. The van der Waals surface area contributed by atoms with Crippen molar-refractivity contribution in [2.24, 2.45) is 0 Å². The van der Waals surface area contributed by atoms with E-state index in [2.05, 4.69) is 13.8 Å². The number of unbranched alkanes of at least 4 members (excludes halogenated alkanes) is 9. The first-order valence-electron chi connectivity index (χ1n) is 14.5. The molecule has 0 aliphatic rings. The van der Waals surface area contributed by atoms with Gasteiger partial charge in [-0.05, 0) is 71.8 Å². The highest BCUT2D eigenvalue weighted by Gasteiger charge is 2.17. The Morgan fingerprint density at radius 2 is 1.36 bits per heavy atom. The predicted molar refractivity (Wildman–Crippen MR) is 156 cm³/mol. The van der Waals surface area contributed by atoms with Crippen molar-refractivity contribution in [1.82, 2.24) is 0 Å². The summed E-state index contributed by atoms with van der Waals surface area (Å²) in [6, 6.07) is 14.4. The number of halogens is 2. The number of benzene rings is 3. The van der Waals surface area contributed by atoms with E-state index in [9.17, 15) is 14.3 Å². The van der Waals surface area contributed by atoms with Gasteiger partial charge in [0.05, 0.1) is 12.2 Å². The molecule has 1 N–H and O–H groups in total. The Morgan fingerprint density at radius 1 is 0.692 bits per heavy atom. The number of carboxylic acids is 1. The van der Waals surface area contributed by atoms with Gasteiger partial charge < -0.3 is 9.84 Å². The highest BCUT2D eigenvalue weighted by atomic mass is 19.1. The second-order valence-corrected chi connectivity index (χ2v) is 10.3. The van der Waals surface area contributed by atoms with E-state index in [1.165, 1.54) is 62.8 Å². The molecule has 0 atom stereocenters. The molecule has 0 saturated heterocycles. The quantitative estimate of drug-likeness (QED) is 0.175. The maximum atomic E-state index is 15.4. The van der Waals surface area contributed by atoms with Crippen LogP contribution in [0.2, 0.25) is 0 Å². The number of hydrogen-bond donors (Lipinski definition) is 1. The SMILES string of the molecule is CCCCCCCCOc1ccc(-c2ccc(C(=O)O)cc2-c2ccc(CCCCCCC)cc2F)cc1F. The molecule has 0 heterocycles. The summed E-state index contributed by atoms with van der Waals surface area (Å²) in [6.07, 6.45) is 13.2. The zero-order valence-corrected chi connectivity index (χ0v) is 23.4. The van der Waals surface area contributed by atoms with Crippen molar-refractivity contribution in [3.63, 3.8) is 0 Å². The van der Waals surface area contributed by atoms with Gasteiger partial charge in [-0.15, -0.1) is 0 Å². The van der Waals surface area contributed by atoms with Crippen LogP contribution in [-0.2, 0) is 6.42 Å². The predicted octanol–water partition coefficient (Wildman–Crippen LogP) is 10.2. The molecule has 0 aromatic heterocycles. The maximum absolute atomic E-state index is 15.4. The lowest BCUT2D eigenvalue weighted by Gasteiger charge is -2.15. The van der Waals surface area contributed by atoms with E-state index in [-0.39, 0.29) is 11.3 Å². The molecule has 0 amide bonds. The normalized spacial score (nSPS) is 11.1. The molecule has 39 heavy (non-hydrogen) atoms. The van der Waals surface area contributed by atoms with E-state index in [1.54, 1.807) is 24.3 Å². The largest absolute Gasteiger partial charge is 0.491 e. The second-order valence-electron chi connectivity index (χ2n) is 10.3. The fraction of sp³-hybridized carbons (Fsp3) is 0.441. The Kier molecular flexibility index (Phi) is 12.5. The summed E-state index contributed by atoms with van der Waals surface area (Å²) < 4.78 is 36.0. The molecular weight excluding hydrogens is 494 g/mol. The molecule has 3 rings (SSSR count). The molecular formula is C34H42F2O3. The van der Waals surface area contributed by atoms with Crippen molar-refractivity contribution in [1.29, 1.82) is 0 Å². The molecule has 0 unspecified atom stereocenters. The van der Waals surface area contributed by atoms with E-state index in [0.717, 1.165) is 44.1 Å². The summed E-state index contributed by atoms with van der Waals surface area (Å²) in [5.41, 5.74) is 2.78. The van der Waals surface area contributed by atoms with Crippen LogP contribution in [0.5, 0.6) is 5.75 Å². The van der Waals surface area contributed by atoms with Crippen molar-refractivity contribution < 1.29 is 23.4 Å². The Morgan fingerprint density at radius 3 is 2.03 bits per heavy atom. The average molecular weight is 537 g/mol. The molecule has 210 valence electrons. The number of aromatic carboxylic acids is 1. The first-order chi connectivity index (χ1) is 18.9. The first-order valence-corrected chi connectivity index (χ1v) is 14.5. The van der Waals surface area contributed by atoms with Gasteiger partial charge in [0.15, 0.2) is 11.6 Å². The number of rotatable bonds is 17. The minimum absolute atomic E-state index is 0.0486. The first kappa shape index (κ1) is 30.3. The third kappa shape index (κ3) is 9.19. The van der Waals surface area contributed by atoms with Crippen LogP contribution in [-0.4, -0.2) is 17.7 Å². The van der Waals surface area contributed by atoms with Gasteiger partial charge in [0, 0.05) is 5.56 Å². The smallest absolute Gasteiger partial charge is 0.335 e. The van der Waals surface area contributed by atoms with Crippen molar-refractivity contribution in [2.75, 3.05) is 6.61 Å². The Labute approximate surface area is 232 Å². The van der Waals surface area contributed by atoms with Crippen molar-refractivity contribution in [3.8, 4) is 28.0 Å². The van der Waals surface area contributed by atoms with Crippen LogP contribution in [0, 0.1) is 11.6 Å². The lowest BCUT2D eigenvalue weighted by atomic mass is 9.91. The standard InChI is InChI=1S/C34H42F2O3/c1-3-5-7-9-11-13-21-39-33-20-17-26(24-32(33)36)28-19-16-27(34(37)38)23-30(28)29-18-15-25(22-31(29)35)14-12-10-8-6-4-2/h15-20,22-24H,3-14,21H2,1-2H3,(H,37,38). The molecule has 3 aromatic rings. The molecule has 0 saturated carbocycles. The van der Waals surface area contributed by atoms with Gasteiger partial charge in [-0.3, -0.25) is 0 Å². The van der Waals surface area contributed by atoms with E-state index in [1.807, 2.05) is 6.07 Å². The highest BCUT2D eigenvalue weighted by molar-refractivity contribution is 5.93. The summed E-state index contributed by atoms with van der Waals surface area (Å²) in [5, 5.41) is 9.56. The number of aryl methyl sites for hydroxylation is 1. The molecule has 0 aliphatic heterocycles. The fourth-order valence-electron chi connectivity index (χ4n) is 4.87. The Balaban J connectivity index is 1.79. The zero-order valence-electron chi connectivity index (χ0n) is 23.4. The van der Waals surface area contributed by atoms with Crippen molar-refractivity contribution >= 4 is 5.97 Å². The van der Waals surface area contributed by atoms with Gasteiger partial charge in [0.1, 0.15) is 5.82 Å². The summed E-state index contributed by atoms with van der Waals surface area (Å²) in [7, 11) is 0. The lowest BCUT2D eigenvalue weighted by Crippen LogP contribution is -2.01. The summed E-state index contributed by atoms with van der Waals surface area (Å²) in [6.45, 7) is 4.81. The molecule has 0 spiro atoms. The minimum Gasteiger partial charge on any atom is -0.491 e. The molecule has 3 aromatic carbocycles. The van der Waals surface area contributed by atoms with Crippen LogP contribution >= 0.6 is 0 Å². The van der Waals surface area contributed by atoms with Crippen LogP contribution in [0.15, 0.2) is 54.6 Å². The van der Waals surface area contributed by atoms with E-state index in [4.69, 9.17) is 4.74 Å². The number of hydrogen-bond acceptors (Lipinski definition) is 2. The summed E-state index contributed by atoms with van der Waals surface area (Å²) in [5.74, 6) is -1.82. The maximum Gasteiger partial charge on any atom is 0.335 e. The molecule has 5 heteroatoms. The molecule has 0 bridgehead atoms. The van der Waals surface area contributed by atoms with Gasteiger partial charge in [0.25, 0.3) is 0 Å². The summed E-state index contributed by atoms with van der Waals surface area (Å²) in [4.78, 5) is 11.7. The monoisotopic (exact) mass is 536 g/mol. The van der Waals surface area contributed by atoms with Gasteiger partial charge in [-0.1, -0.05) is 95.9 Å². The van der Waals surface area contributed by atoms with Gasteiger partial charge in [-0.2, -0.15) is 0 Å². The van der Waals surface area contributed by atoms with Gasteiger partial charge in [-0.25, -0.2) is 13.6 Å². The molecule has 0 fully saturated rings. The van der Waals surface area contributed by atoms with Gasteiger partial charge in [0.2, 0.25) is 0 Å². The number of carboxylic acid groups (broad SMARTS) is 1. The van der Waals surface area contributed by atoms with Crippen LogP contribution < -0.4 is 4.74 Å². The molecule has 0 radical (unpaired) electrons. The van der Waals surface area contributed by atoms with E-state index < -0.39 is 17.6 Å². The van der Waals surface area contributed by atoms with Crippen LogP contribution in [0.25, 0.3) is 22.3 Å². The zero-order chi connectivity index (χ0) is 28.0. The highest BCUT2D eigenvalue weighted by Crippen LogP contribution is 2.36. The van der Waals surface area contributed by atoms with E-state index in [0.29, 0.717) is 28.9 Å². The average Bonchev–Trinajstić information content (AvgIpc) is 2.93. The Bertz CT molecular complexity index is 1210. The minimum atomic E-state index is -1.10. The molecule has 0 aliphatic carbocycles. The number of carbonyl (C=O) groups is 1. The number of ether oxygens (including phenoxy) is 1. The topological polar surface area (TPSA) is 46.5 Å². The van der Waals surface area contributed by atoms with Crippen molar-refractivity contribution in [2.45, 2.75) is 90.9 Å². The van der Waals surface area contributed by atoms with Crippen molar-refractivity contribution in [3.05, 3.63) is 77.4 Å². The third-order valence-corrected chi connectivity index (χ3v) is 7.16. The molecule has 3 nitrogen and oxygen atoms in total. The van der Waals surface area contributed by atoms with Crippen LogP contribution in [0.1, 0.15) is 100 Å². The second kappa shape index (κ2) is 16.0. The van der Waals surface area contributed by atoms with Crippen LogP contribution in [0.3, 0.4) is 0 Å². The van der Waals surface area contributed by atoms with Crippen LogP contribution in [0.4, 0.5) is 8.78 Å². The van der Waals surface area contributed by atoms with Gasteiger partial charge >= 0.3 is 5.97 Å².